The SMILES string of the molecule is CNC(=O)CN1CCCCC1(C)C(=O)O. The molecular weight excluding hydrogens is 196 g/mol. The molecule has 2 N–H and O–H groups in total. The van der Waals surface area contributed by atoms with Crippen molar-refractivity contribution in [2.75, 3.05) is 20.1 Å². The predicted molar refractivity (Wildman–Crippen MR) is 55.5 cm³/mol. The van der Waals surface area contributed by atoms with Gasteiger partial charge in [0.05, 0.1) is 6.54 Å². The number of carbonyl (C=O) groups is 2. The van der Waals surface area contributed by atoms with Crippen LogP contribution in [0.3, 0.4) is 0 Å². The molecule has 0 radical (unpaired) electrons. The van der Waals surface area contributed by atoms with Gasteiger partial charge < -0.3 is 10.4 Å². The number of carbonyl (C=O) groups excluding carboxylic acids is 1. The molecule has 86 valence electrons. The number of piperidine rings is 1. The molecular formula is C10H18N2O3. The van der Waals surface area contributed by atoms with E-state index in [4.69, 9.17) is 0 Å². The van der Waals surface area contributed by atoms with Crippen LogP contribution in [0, 0.1) is 0 Å². The number of carboxylic acids is 1. The molecule has 1 rings (SSSR count). The Labute approximate surface area is 89.4 Å². The molecule has 0 spiro atoms. The van der Waals surface area contributed by atoms with Crippen LogP contribution in [0.4, 0.5) is 0 Å². The number of nitrogens with one attached hydrogen (secondary N) is 1. The van der Waals surface area contributed by atoms with Crippen molar-refractivity contribution >= 4 is 11.9 Å². The zero-order valence-electron chi connectivity index (χ0n) is 9.25. The molecule has 0 aromatic heterocycles. The van der Waals surface area contributed by atoms with Crippen LogP contribution < -0.4 is 5.32 Å². The van der Waals surface area contributed by atoms with Gasteiger partial charge in [-0.2, -0.15) is 0 Å². The van der Waals surface area contributed by atoms with Gasteiger partial charge in [0.25, 0.3) is 0 Å². The van der Waals surface area contributed by atoms with E-state index in [9.17, 15) is 14.7 Å². The van der Waals surface area contributed by atoms with E-state index in [0.717, 1.165) is 12.8 Å². The van der Waals surface area contributed by atoms with Crippen molar-refractivity contribution in [1.82, 2.24) is 10.2 Å². The molecule has 0 bridgehead atoms. The average Bonchev–Trinajstić information content (AvgIpc) is 2.21. The molecule has 1 saturated heterocycles. The molecule has 1 aliphatic heterocycles. The first-order valence-electron chi connectivity index (χ1n) is 5.20. The molecule has 0 saturated carbocycles. The Bertz CT molecular complexity index is 267. The molecule has 5 heteroatoms. The van der Waals surface area contributed by atoms with E-state index in [1.54, 1.807) is 18.9 Å². The molecule has 1 atom stereocenters. The Balaban J connectivity index is 2.74. The smallest absolute Gasteiger partial charge is 0.323 e. The van der Waals surface area contributed by atoms with Gasteiger partial charge >= 0.3 is 5.97 Å². The summed E-state index contributed by atoms with van der Waals surface area (Å²) in [7, 11) is 1.56. The summed E-state index contributed by atoms with van der Waals surface area (Å²) in [4.78, 5) is 24.2. The normalized spacial score (nSPS) is 27.3. The molecule has 1 amide bonds. The summed E-state index contributed by atoms with van der Waals surface area (Å²) in [6.07, 6.45) is 2.48. The number of aliphatic carboxylic acids is 1. The molecule has 15 heavy (non-hydrogen) atoms. The van der Waals surface area contributed by atoms with Crippen LogP contribution in [0.25, 0.3) is 0 Å². The Morgan fingerprint density at radius 2 is 2.13 bits per heavy atom. The molecule has 1 unspecified atom stereocenters. The summed E-state index contributed by atoms with van der Waals surface area (Å²) in [5.41, 5.74) is -0.884. The van der Waals surface area contributed by atoms with E-state index >= 15 is 0 Å². The molecule has 1 fully saturated rings. The number of amides is 1. The van der Waals surface area contributed by atoms with Crippen molar-refractivity contribution in [2.24, 2.45) is 0 Å². The van der Waals surface area contributed by atoms with E-state index in [1.165, 1.54) is 0 Å². The van der Waals surface area contributed by atoms with Crippen molar-refractivity contribution in [3.8, 4) is 0 Å². The third-order valence-electron chi connectivity index (χ3n) is 3.11. The van der Waals surface area contributed by atoms with Crippen LogP contribution in [0.2, 0.25) is 0 Å². The number of hydrogen-bond acceptors (Lipinski definition) is 3. The summed E-state index contributed by atoms with van der Waals surface area (Å²) in [6.45, 7) is 2.53. The highest BCUT2D eigenvalue weighted by molar-refractivity contribution is 5.81. The summed E-state index contributed by atoms with van der Waals surface area (Å²) >= 11 is 0. The quantitative estimate of drug-likeness (QED) is 0.697. The fourth-order valence-corrected chi connectivity index (χ4v) is 1.92. The van der Waals surface area contributed by atoms with E-state index in [0.29, 0.717) is 13.0 Å². The van der Waals surface area contributed by atoms with Crippen LogP contribution in [-0.4, -0.2) is 47.6 Å². The van der Waals surface area contributed by atoms with Gasteiger partial charge in [-0.3, -0.25) is 14.5 Å². The lowest BCUT2D eigenvalue weighted by molar-refractivity contribution is -0.153. The second kappa shape index (κ2) is 4.61. The van der Waals surface area contributed by atoms with Gasteiger partial charge in [-0.25, -0.2) is 0 Å². The van der Waals surface area contributed by atoms with Crippen molar-refractivity contribution in [1.29, 1.82) is 0 Å². The number of hydrogen-bond donors (Lipinski definition) is 2. The highest BCUT2D eigenvalue weighted by Crippen LogP contribution is 2.27. The number of nitrogens with zero attached hydrogens (tertiary/aromatic N) is 1. The molecule has 1 aliphatic rings. The maximum atomic E-state index is 11.2. The predicted octanol–water partition coefficient (Wildman–Crippen LogP) is 0.0616. The fourth-order valence-electron chi connectivity index (χ4n) is 1.92. The van der Waals surface area contributed by atoms with Gasteiger partial charge in [0, 0.05) is 7.05 Å². The van der Waals surface area contributed by atoms with Crippen molar-refractivity contribution in [2.45, 2.75) is 31.7 Å². The second-order valence-electron chi connectivity index (χ2n) is 4.13. The van der Waals surface area contributed by atoms with E-state index in [1.807, 2.05) is 0 Å². The summed E-state index contributed by atoms with van der Waals surface area (Å²) in [6, 6.07) is 0. The van der Waals surface area contributed by atoms with Gasteiger partial charge in [-0.05, 0) is 32.7 Å². The van der Waals surface area contributed by atoms with Crippen molar-refractivity contribution < 1.29 is 14.7 Å². The third kappa shape index (κ3) is 2.47. The van der Waals surface area contributed by atoms with Crippen LogP contribution in [0.15, 0.2) is 0 Å². The van der Waals surface area contributed by atoms with Crippen LogP contribution >= 0.6 is 0 Å². The Morgan fingerprint density at radius 1 is 1.47 bits per heavy atom. The van der Waals surface area contributed by atoms with E-state index in [2.05, 4.69) is 5.32 Å². The van der Waals surface area contributed by atoms with Gasteiger partial charge in [-0.1, -0.05) is 0 Å². The zero-order chi connectivity index (χ0) is 11.5. The van der Waals surface area contributed by atoms with Crippen LogP contribution in [0.5, 0.6) is 0 Å². The lowest BCUT2D eigenvalue weighted by Crippen LogP contribution is -2.57. The Morgan fingerprint density at radius 3 is 2.67 bits per heavy atom. The molecule has 0 aliphatic carbocycles. The maximum absolute atomic E-state index is 11.2. The summed E-state index contributed by atoms with van der Waals surface area (Å²) in [5, 5.41) is 11.7. The third-order valence-corrected chi connectivity index (χ3v) is 3.11. The lowest BCUT2D eigenvalue weighted by Gasteiger charge is -2.41. The second-order valence-corrected chi connectivity index (χ2v) is 4.13. The highest BCUT2D eigenvalue weighted by Gasteiger charge is 2.41. The monoisotopic (exact) mass is 214 g/mol. The van der Waals surface area contributed by atoms with E-state index < -0.39 is 11.5 Å². The topological polar surface area (TPSA) is 69.6 Å². The maximum Gasteiger partial charge on any atom is 0.323 e. The number of carboxylic acid groups (broad SMARTS) is 1. The minimum absolute atomic E-state index is 0.135. The van der Waals surface area contributed by atoms with Gasteiger partial charge in [0.15, 0.2) is 0 Å². The highest BCUT2D eigenvalue weighted by atomic mass is 16.4. The minimum Gasteiger partial charge on any atom is -0.480 e. The largest absolute Gasteiger partial charge is 0.480 e. The van der Waals surface area contributed by atoms with Crippen LogP contribution in [0.1, 0.15) is 26.2 Å². The number of likely N-dealkylation sites (N-methyl/N-ethyl adjacent to an activating group) is 1. The van der Waals surface area contributed by atoms with Crippen molar-refractivity contribution in [3.63, 3.8) is 0 Å². The molecule has 0 aromatic rings. The average molecular weight is 214 g/mol. The van der Waals surface area contributed by atoms with E-state index in [-0.39, 0.29) is 12.5 Å². The fraction of sp³-hybridized carbons (Fsp3) is 0.800. The lowest BCUT2D eigenvalue weighted by atomic mass is 9.88. The van der Waals surface area contributed by atoms with Gasteiger partial charge in [-0.15, -0.1) is 0 Å². The van der Waals surface area contributed by atoms with Gasteiger partial charge in [0.2, 0.25) is 5.91 Å². The minimum atomic E-state index is -0.884. The molecule has 0 aromatic carbocycles. The first kappa shape index (κ1) is 12.0. The first-order chi connectivity index (χ1) is 7.00. The molecule has 5 nitrogen and oxygen atoms in total. The standard InChI is InChI=1S/C10H18N2O3/c1-10(9(14)15)5-3-4-6-12(10)7-8(13)11-2/h3-7H2,1-2H3,(H,11,13)(H,14,15). The summed E-state index contributed by atoms with van der Waals surface area (Å²) in [5.74, 6) is -0.976. The summed E-state index contributed by atoms with van der Waals surface area (Å²) < 4.78 is 0. The van der Waals surface area contributed by atoms with Crippen molar-refractivity contribution in [3.05, 3.63) is 0 Å². The van der Waals surface area contributed by atoms with Crippen LogP contribution in [-0.2, 0) is 9.59 Å². The zero-order valence-corrected chi connectivity index (χ0v) is 9.25. The Hall–Kier alpha value is -1.10. The molecule has 1 heterocycles. The Kier molecular flexibility index (Phi) is 3.68. The first-order valence-corrected chi connectivity index (χ1v) is 5.20. The van der Waals surface area contributed by atoms with Gasteiger partial charge in [0.1, 0.15) is 5.54 Å². The number of likely N-dealkylation sites (tertiary alicyclic amines) is 1. The number of rotatable bonds is 3.